The standard InChI is InChI=1S/C16H20N2O3/c1-16(21)7-4-8-17(11-16)9-10-18-14(19)12-5-2-3-6-13(12)15(18)20/h2-3,5-6,21H,4,7-11H2,1H3. The average Bonchev–Trinajstić information content (AvgIpc) is 2.69. The summed E-state index contributed by atoms with van der Waals surface area (Å²) in [6.45, 7) is 4.32. The van der Waals surface area contributed by atoms with Crippen molar-refractivity contribution in [3.63, 3.8) is 0 Å². The molecule has 0 saturated carbocycles. The summed E-state index contributed by atoms with van der Waals surface area (Å²) in [4.78, 5) is 27.9. The number of amides is 2. The van der Waals surface area contributed by atoms with E-state index in [1.165, 1.54) is 4.90 Å². The lowest BCUT2D eigenvalue weighted by Crippen LogP contribution is -2.48. The number of likely N-dealkylation sites (tertiary alicyclic amines) is 1. The third kappa shape index (κ3) is 2.71. The smallest absolute Gasteiger partial charge is 0.261 e. The Morgan fingerprint density at radius 3 is 2.33 bits per heavy atom. The number of nitrogens with zero attached hydrogens (tertiary/aromatic N) is 2. The molecular formula is C16H20N2O3. The number of hydrogen-bond acceptors (Lipinski definition) is 4. The van der Waals surface area contributed by atoms with E-state index in [1.807, 2.05) is 6.92 Å². The molecule has 1 unspecified atom stereocenters. The highest BCUT2D eigenvalue weighted by Crippen LogP contribution is 2.23. The van der Waals surface area contributed by atoms with Gasteiger partial charge in [-0.1, -0.05) is 12.1 Å². The van der Waals surface area contributed by atoms with E-state index in [1.54, 1.807) is 24.3 Å². The molecule has 1 N–H and O–H groups in total. The van der Waals surface area contributed by atoms with Gasteiger partial charge >= 0.3 is 0 Å². The van der Waals surface area contributed by atoms with E-state index < -0.39 is 5.60 Å². The minimum atomic E-state index is -0.666. The Kier molecular flexibility index (Phi) is 3.55. The molecule has 0 bridgehead atoms. The van der Waals surface area contributed by atoms with Crippen molar-refractivity contribution < 1.29 is 14.7 Å². The highest BCUT2D eigenvalue weighted by atomic mass is 16.3. The topological polar surface area (TPSA) is 60.9 Å². The zero-order valence-corrected chi connectivity index (χ0v) is 12.2. The zero-order chi connectivity index (χ0) is 15.0. The maximum absolute atomic E-state index is 12.2. The fraction of sp³-hybridized carbons (Fsp3) is 0.500. The molecule has 1 atom stereocenters. The van der Waals surface area contributed by atoms with Gasteiger partial charge in [0.2, 0.25) is 0 Å². The maximum Gasteiger partial charge on any atom is 0.261 e. The van der Waals surface area contributed by atoms with Gasteiger partial charge in [-0.05, 0) is 38.4 Å². The van der Waals surface area contributed by atoms with Crippen LogP contribution < -0.4 is 0 Å². The van der Waals surface area contributed by atoms with Crippen LogP contribution in [0.1, 0.15) is 40.5 Å². The van der Waals surface area contributed by atoms with E-state index in [-0.39, 0.29) is 11.8 Å². The Bertz CT molecular complexity index is 548. The fourth-order valence-electron chi connectivity index (χ4n) is 3.20. The number of hydrogen-bond donors (Lipinski definition) is 1. The van der Waals surface area contributed by atoms with Crippen LogP contribution in [0.3, 0.4) is 0 Å². The number of carbonyl (C=O) groups is 2. The summed E-state index contributed by atoms with van der Waals surface area (Å²) in [5.74, 6) is -0.418. The SMILES string of the molecule is CC1(O)CCCN(CCN2C(=O)c3ccccc3C2=O)C1. The van der Waals surface area contributed by atoms with Crippen molar-refractivity contribution in [1.29, 1.82) is 0 Å². The second kappa shape index (κ2) is 5.24. The summed E-state index contributed by atoms with van der Waals surface area (Å²) >= 11 is 0. The number of imide groups is 1. The summed E-state index contributed by atoms with van der Waals surface area (Å²) in [5, 5.41) is 10.1. The first-order valence-electron chi connectivity index (χ1n) is 7.38. The molecule has 2 amide bonds. The third-order valence-corrected chi connectivity index (χ3v) is 4.27. The van der Waals surface area contributed by atoms with E-state index in [0.717, 1.165) is 19.4 Å². The zero-order valence-electron chi connectivity index (χ0n) is 12.2. The molecule has 2 heterocycles. The van der Waals surface area contributed by atoms with Gasteiger partial charge < -0.3 is 5.11 Å². The molecule has 1 aromatic rings. The number of β-amino-alcohol motifs (C(OH)–C–C–N with tert-alkyl or cyclic N) is 1. The Balaban J connectivity index is 1.65. The second-order valence-electron chi connectivity index (χ2n) is 6.18. The molecule has 0 aromatic heterocycles. The average molecular weight is 288 g/mol. The number of carbonyl (C=O) groups excluding carboxylic acids is 2. The molecule has 1 fully saturated rings. The molecule has 3 rings (SSSR count). The van der Waals surface area contributed by atoms with E-state index in [4.69, 9.17) is 0 Å². The summed E-state index contributed by atoms with van der Waals surface area (Å²) < 4.78 is 0. The van der Waals surface area contributed by atoms with Gasteiger partial charge in [0.05, 0.1) is 16.7 Å². The molecule has 0 spiro atoms. The number of piperidine rings is 1. The molecule has 2 aliphatic rings. The van der Waals surface area contributed by atoms with Crippen LogP contribution in [0.5, 0.6) is 0 Å². The second-order valence-corrected chi connectivity index (χ2v) is 6.18. The molecule has 1 saturated heterocycles. The first-order chi connectivity index (χ1) is 9.98. The third-order valence-electron chi connectivity index (χ3n) is 4.27. The van der Waals surface area contributed by atoms with E-state index in [2.05, 4.69) is 4.90 Å². The molecule has 2 aliphatic heterocycles. The monoisotopic (exact) mass is 288 g/mol. The Labute approximate surface area is 124 Å². The normalized spacial score (nSPS) is 26.3. The number of fused-ring (bicyclic) bond motifs is 1. The van der Waals surface area contributed by atoms with E-state index in [9.17, 15) is 14.7 Å². The van der Waals surface area contributed by atoms with Crippen molar-refractivity contribution in [2.24, 2.45) is 0 Å². The van der Waals surface area contributed by atoms with Crippen molar-refractivity contribution in [2.75, 3.05) is 26.2 Å². The minimum absolute atomic E-state index is 0.209. The van der Waals surface area contributed by atoms with Gasteiger partial charge in [0.25, 0.3) is 11.8 Å². The number of rotatable bonds is 3. The lowest BCUT2D eigenvalue weighted by atomic mass is 9.95. The van der Waals surface area contributed by atoms with Crippen LogP contribution in [0.15, 0.2) is 24.3 Å². The quantitative estimate of drug-likeness (QED) is 0.847. The van der Waals surface area contributed by atoms with Gasteiger partial charge in [-0.25, -0.2) is 0 Å². The van der Waals surface area contributed by atoms with E-state index >= 15 is 0 Å². The van der Waals surface area contributed by atoms with Gasteiger partial charge in [0, 0.05) is 19.6 Å². The van der Waals surface area contributed by atoms with Crippen LogP contribution in [-0.2, 0) is 0 Å². The molecule has 21 heavy (non-hydrogen) atoms. The highest BCUT2D eigenvalue weighted by molar-refractivity contribution is 6.21. The summed E-state index contributed by atoms with van der Waals surface area (Å²) in [7, 11) is 0. The first-order valence-corrected chi connectivity index (χ1v) is 7.38. The Morgan fingerprint density at radius 1 is 1.14 bits per heavy atom. The lowest BCUT2D eigenvalue weighted by molar-refractivity contribution is -0.0166. The maximum atomic E-state index is 12.2. The van der Waals surface area contributed by atoms with Crippen molar-refractivity contribution in [3.8, 4) is 0 Å². The minimum Gasteiger partial charge on any atom is -0.389 e. The molecule has 0 radical (unpaired) electrons. The van der Waals surface area contributed by atoms with Crippen molar-refractivity contribution >= 4 is 11.8 Å². The fourth-order valence-corrected chi connectivity index (χ4v) is 3.20. The van der Waals surface area contributed by atoms with Crippen LogP contribution >= 0.6 is 0 Å². The van der Waals surface area contributed by atoms with Gasteiger partial charge in [0.15, 0.2) is 0 Å². The van der Waals surface area contributed by atoms with Crippen LogP contribution in [0.2, 0.25) is 0 Å². The van der Waals surface area contributed by atoms with Gasteiger partial charge in [-0.3, -0.25) is 19.4 Å². The predicted octanol–water partition coefficient (Wildman–Crippen LogP) is 1.13. The number of aliphatic hydroxyl groups is 1. The summed E-state index contributed by atoms with van der Waals surface area (Å²) in [5.41, 5.74) is 0.321. The Hall–Kier alpha value is -1.72. The van der Waals surface area contributed by atoms with Crippen LogP contribution in [0.4, 0.5) is 0 Å². The molecule has 0 aliphatic carbocycles. The first kappa shape index (κ1) is 14.2. The van der Waals surface area contributed by atoms with Crippen molar-refractivity contribution in [2.45, 2.75) is 25.4 Å². The summed E-state index contributed by atoms with van der Waals surface area (Å²) in [6, 6.07) is 6.94. The molecular weight excluding hydrogens is 268 g/mol. The van der Waals surface area contributed by atoms with Gasteiger partial charge in [-0.2, -0.15) is 0 Å². The molecule has 5 heteroatoms. The van der Waals surface area contributed by atoms with E-state index in [0.29, 0.717) is 30.8 Å². The molecule has 112 valence electrons. The Morgan fingerprint density at radius 2 is 1.76 bits per heavy atom. The number of benzene rings is 1. The largest absolute Gasteiger partial charge is 0.389 e. The van der Waals surface area contributed by atoms with Crippen molar-refractivity contribution in [3.05, 3.63) is 35.4 Å². The van der Waals surface area contributed by atoms with Crippen molar-refractivity contribution in [1.82, 2.24) is 9.80 Å². The molecule has 5 nitrogen and oxygen atoms in total. The van der Waals surface area contributed by atoms with Crippen LogP contribution in [0, 0.1) is 0 Å². The lowest BCUT2D eigenvalue weighted by Gasteiger charge is -2.37. The predicted molar refractivity (Wildman–Crippen MR) is 78.1 cm³/mol. The highest BCUT2D eigenvalue weighted by Gasteiger charge is 2.35. The van der Waals surface area contributed by atoms with Gasteiger partial charge in [-0.15, -0.1) is 0 Å². The summed E-state index contributed by atoms with van der Waals surface area (Å²) in [6.07, 6.45) is 1.74. The molecule has 1 aromatic carbocycles. The van der Waals surface area contributed by atoms with Gasteiger partial charge in [0.1, 0.15) is 0 Å². The van der Waals surface area contributed by atoms with Crippen LogP contribution in [-0.4, -0.2) is 58.5 Å². The van der Waals surface area contributed by atoms with Crippen LogP contribution in [0.25, 0.3) is 0 Å².